The number of nitrogens with one attached hydrogen (secondary N) is 2. The van der Waals surface area contributed by atoms with Crippen molar-refractivity contribution in [3.63, 3.8) is 0 Å². The molecule has 33 heavy (non-hydrogen) atoms. The van der Waals surface area contributed by atoms with E-state index in [-0.39, 0.29) is 5.91 Å². The molecule has 1 aliphatic rings. The number of halogens is 1. The van der Waals surface area contributed by atoms with E-state index in [4.69, 9.17) is 29.6 Å². The van der Waals surface area contributed by atoms with Gasteiger partial charge in [-0.1, -0.05) is 35.9 Å². The smallest absolute Gasteiger partial charge is 0.257 e. The molecule has 3 aromatic rings. The van der Waals surface area contributed by atoms with E-state index in [1.165, 1.54) is 11.3 Å². The number of anilines is 2. The first-order valence-electron chi connectivity index (χ1n) is 10.1. The molecule has 0 saturated carbocycles. The van der Waals surface area contributed by atoms with Gasteiger partial charge < -0.3 is 21.3 Å². The Balaban J connectivity index is 1.55. The van der Waals surface area contributed by atoms with Crippen LogP contribution in [0.1, 0.15) is 31.2 Å². The number of para-hydroxylation sites is 1. The molecule has 0 radical (unpaired) electrons. The van der Waals surface area contributed by atoms with Gasteiger partial charge in [0.15, 0.2) is 5.11 Å². The molecule has 6 nitrogen and oxygen atoms in total. The molecule has 2 aromatic carbocycles. The fraction of sp³-hybridized carbons (Fsp3) is 0.174. The van der Waals surface area contributed by atoms with Crippen LogP contribution < -0.4 is 16.4 Å². The predicted octanol–water partition coefficient (Wildman–Crippen LogP) is 5.23. The maximum Gasteiger partial charge on any atom is 0.257 e. The number of thiocarbonyl (C=S) groups is 1. The molecule has 0 aliphatic carbocycles. The summed E-state index contributed by atoms with van der Waals surface area (Å²) in [6.07, 6.45) is 2.62. The Bertz CT molecular complexity index is 1240. The first-order valence-corrected chi connectivity index (χ1v) is 12.9. The number of carbonyl (C=O) groups excluding carboxylic acids is 2. The molecule has 0 bridgehead atoms. The zero-order valence-corrected chi connectivity index (χ0v) is 20.9. The lowest BCUT2D eigenvalue weighted by atomic mass is 10.0. The van der Waals surface area contributed by atoms with Crippen molar-refractivity contribution >= 4 is 74.5 Å². The second kappa shape index (κ2) is 10.1. The summed E-state index contributed by atoms with van der Waals surface area (Å²) in [5, 5.41) is 7.54. The van der Waals surface area contributed by atoms with Gasteiger partial charge in [-0.25, -0.2) is 0 Å². The standard InChI is InChI=1S/C23H21ClN4O2S3/c1-32-17-9-5-4-8-16(17)26-23(31)28-11-10-14-18(12-28)33-22(19(14)20(25)29)27-21(30)13-6-2-3-7-15(13)24/h2-9H,10-12H2,1H3,(H2,25,29)(H,26,31)(H,27,30). The molecule has 2 amide bonds. The highest BCUT2D eigenvalue weighted by molar-refractivity contribution is 7.98. The number of primary amides is 1. The van der Waals surface area contributed by atoms with E-state index < -0.39 is 5.91 Å². The normalized spacial score (nSPS) is 12.7. The molecule has 10 heteroatoms. The van der Waals surface area contributed by atoms with Gasteiger partial charge in [0.05, 0.1) is 28.4 Å². The lowest BCUT2D eigenvalue weighted by molar-refractivity contribution is 0.1000. The fourth-order valence-corrected chi connectivity index (χ4v) is 5.99. The van der Waals surface area contributed by atoms with Gasteiger partial charge in [-0.3, -0.25) is 9.59 Å². The molecule has 0 saturated heterocycles. The van der Waals surface area contributed by atoms with Crippen LogP contribution in [0.5, 0.6) is 0 Å². The van der Waals surface area contributed by atoms with Crippen molar-refractivity contribution in [1.82, 2.24) is 4.90 Å². The van der Waals surface area contributed by atoms with Crippen LogP contribution in [0.4, 0.5) is 10.7 Å². The molecule has 170 valence electrons. The number of amides is 2. The van der Waals surface area contributed by atoms with E-state index in [1.54, 1.807) is 36.0 Å². The molecule has 1 aliphatic heterocycles. The van der Waals surface area contributed by atoms with Gasteiger partial charge in [-0.15, -0.1) is 23.1 Å². The highest BCUT2D eigenvalue weighted by Gasteiger charge is 2.29. The minimum absolute atomic E-state index is 0.334. The molecule has 4 N–H and O–H groups in total. The quantitative estimate of drug-likeness (QED) is 0.318. The number of hydrogen-bond acceptors (Lipinski definition) is 5. The number of rotatable bonds is 5. The number of nitrogens with zero attached hydrogens (tertiary/aromatic N) is 1. The Morgan fingerprint density at radius 2 is 1.88 bits per heavy atom. The highest BCUT2D eigenvalue weighted by atomic mass is 35.5. The number of thiophene rings is 1. The van der Waals surface area contributed by atoms with Crippen LogP contribution >= 0.6 is 46.9 Å². The zero-order chi connectivity index (χ0) is 23.5. The Labute approximate surface area is 210 Å². The third kappa shape index (κ3) is 5.01. The van der Waals surface area contributed by atoms with E-state index in [1.807, 2.05) is 30.5 Å². The number of thioether (sulfide) groups is 1. The molecule has 0 fully saturated rings. The first kappa shape index (κ1) is 23.6. The van der Waals surface area contributed by atoms with Crippen molar-refractivity contribution < 1.29 is 9.59 Å². The van der Waals surface area contributed by atoms with Crippen molar-refractivity contribution in [2.24, 2.45) is 5.73 Å². The van der Waals surface area contributed by atoms with E-state index >= 15 is 0 Å². The predicted molar refractivity (Wildman–Crippen MR) is 141 cm³/mol. The summed E-state index contributed by atoms with van der Waals surface area (Å²) in [6, 6.07) is 14.7. The van der Waals surface area contributed by atoms with Crippen LogP contribution in [0.25, 0.3) is 0 Å². The van der Waals surface area contributed by atoms with Crippen LogP contribution in [0.15, 0.2) is 53.4 Å². The van der Waals surface area contributed by atoms with E-state index in [0.29, 0.717) is 45.8 Å². The maximum absolute atomic E-state index is 12.8. The van der Waals surface area contributed by atoms with Crippen LogP contribution in [0.2, 0.25) is 5.02 Å². The SMILES string of the molecule is CSc1ccccc1NC(=S)N1CCc2c(sc(NC(=O)c3ccccc3Cl)c2C(N)=O)C1. The summed E-state index contributed by atoms with van der Waals surface area (Å²) in [4.78, 5) is 29.1. The van der Waals surface area contributed by atoms with Crippen molar-refractivity contribution in [1.29, 1.82) is 0 Å². The van der Waals surface area contributed by atoms with Crippen molar-refractivity contribution in [3.8, 4) is 0 Å². The minimum atomic E-state index is -0.565. The van der Waals surface area contributed by atoms with Gasteiger partial charge in [-0.2, -0.15) is 0 Å². The second-order valence-corrected chi connectivity index (χ2v) is 10.1. The summed E-state index contributed by atoms with van der Waals surface area (Å²) in [6.45, 7) is 1.16. The number of hydrogen-bond donors (Lipinski definition) is 3. The van der Waals surface area contributed by atoms with E-state index in [0.717, 1.165) is 21.0 Å². The van der Waals surface area contributed by atoms with Crippen LogP contribution in [-0.2, 0) is 13.0 Å². The van der Waals surface area contributed by atoms with Gasteiger partial charge in [0.25, 0.3) is 11.8 Å². The lowest BCUT2D eigenvalue weighted by Gasteiger charge is -2.30. The largest absolute Gasteiger partial charge is 0.365 e. The van der Waals surface area contributed by atoms with Crippen molar-refractivity contribution in [2.75, 3.05) is 23.4 Å². The molecule has 0 atom stereocenters. The average Bonchev–Trinajstić information content (AvgIpc) is 3.16. The fourth-order valence-electron chi connectivity index (χ4n) is 3.68. The summed E-state index contributed by atoms with van der Waals surface area (Å²) in [7, 11) is 0. The number of fused-ring (bicyclic) bond motifs is 1. The molecule has 1 aromatic heterocycles. The summed E-state index contributed by atoms with van der Waals surface area (Å²) in [5.41, 5.74) is 8.21. The van der Waals surface area contributed by atoms with Gasteiger partial charge in [0.2, 0.25) is 0 Å². The van der Waals surface area contributed by atoms with Crippen molar-refractivity contribution in [2.45, 2.75) is 17.9 Å². The molecular weight excluding hydrogens is 496 g/mol. The van der Waals surface area contributed by atoms with Crippen LogP contribution in [0.3, 0.4) is 0 Å². The van der Waals surface area contributed by atoms with E-state index in [2.05, 4.69) is 15.5 Å². The monoisotopic (exact) mass is 516 g/mol. The van der Waals surface area contributed by atoms with Gasteiger partial charge in [-0.05, 0) is 54.7 Å². The Hall–Kier alpha value is -2.59. The lowest BCUT2D eigenvalue weighted by Crippen LogP contribution is -2.38. The highest BCUT2D eigenvalue weighted by Crippen LogP contribution is 2.37. The minimum Gasteiger partial charge on any atom is -0.365 e. The Morgan fingerprint density at radius 1 is 1.15 bits per heavy atom. The number of carbonyl (C=O) groups is 2. The molecule has 0 spiro atoms. The van der Waals surface area contributed by atoms with Crippen LogP contribution in [-0.4, -0.2) is 34.6 Å². The third-order valence-electron chi connectivity index (χ3n) is 5.28. The van der Waals surface area contributed by atoms with Crippen LogP contribution in [0, 0.1) is 0 Å². The second-order valence-electron chi connectivity index (χ2n) is 7.31. The Morgan fingerprint density at radius 3 is 2.61 bits per heavy atom. The zero-order valence-electron chi connectivity index (χ0n) is 17.7. The van der Waals surface area contributed by atoms with Crippen molar-refractivity contribution in [3.05, 3.63) is 75.1 Å². The molecule has 0 unspecified atom stereocenters. The third-order valence-corrected chi connectivity index (χ3v) is 7.90. The summed E-state index contributed by atoms with van der Waals surface area (Å²) >= 11 is 14.8. The molecule has 4 rings (SSSR count). The Kier molecular flexibility index (Phi) is 7.23. The van der Waals surface area contributed by atoms with Gasteiger partial charge in [0.1, 0.15) is 5.00 Å². The summed E-state index contributed by atoms with van der Waals surface area (Å²) in [5.74, 6) is -0.950. The maximum atomic E-state index is 12.8. The topological polar surface area (TPSA) is 87.5 Å². The number of benzene rings is 2. The van der Waals surface area contributed by atoms with Gasteiger partial charge in [0, 0.05) is 16.3 Å². The van der Waals surface area contributed by atoms with Gasteiger partial charge >= 0.3 is 0 Å². The van der Waals surface area contributed by atoms with E-state index in [9.17, 15) is 9.59 Å². The molecular formula is C23H21ClN4O2S3. The molecule has 2 heterocycles. The first-order chi connectivity index (χ1) is 15.9. The number of nitrogens with two attached hydrogens (primary N) is 1. The summed E-state index contributed by atoms with van der Waals surface area (Å²) < 4.78 is 0. The average molecular weight is 517 g/mol.